The van der Waals surface area contributed by atoms with Gasteiger partial charge in [-0.1, -0.05) is 72.8 Å². The number of benzene rings is 3. The van der Waals surface area contributed by atoms with Crippen molar-refractivity contribution >= 4 is 44.3 Å². The van der Waals surface area contributed by atoms with Gasteiger partial charge in [-0.15, -0.1) is 11.3 Å². The highest BCUT2D eigenvalue weighted by molar-refractivity contribution is 7.17. The summed E-state index contributed by atoms with van der Waals surface area (Å²) in [7, 11) is 0. The molecule has 0 atom stereocenters. The monoisotopic (exact) mass is 286 g/mol. The van der Waals surface area contributed by atoms with Gasteiger partial charge in [-0.25, -0.2) is 0 Å². The second-order valence-electron chi connectivity index (χ2n) is 5.09. The molecular weight excluding hydrogens is 272 g/mol. The van der Waals surface area contributed by atoms with Gasteiger partial charge >= 0.3 is 0 Å². The lowest BCUT2D eigenvalue weighted by molar-refractivity contribution is 1.67. The molecule has 1 heterocycles. The first-order chi connectivity index (χ1) is 10.4. The fourth-order valence-corrected chi connectivity index (χ4v) is 3.65. The predicted molar refractivity (Wildman–Crippen MR) is 94.7 cm³/mol. The third-order valence-corrected chi connectivity index (χ3v) is 4.71. The summed E-state index contributed by atoms with van der Waals surface area (Å²) in [5, 5.41) is 6.25. The van der Waals surface area contributed by atoms with Crippen LogP contribution in [0.1, 0.15) is 11.1 Å². The lowest BCUT2D eigenvalue weighted by atomic mass is 10.0. The molecule has 0 radical (unpaired) electrons. The Morgan fingerprint density at radius 1 is 0.714 bits per heavy atom. The molecule has 21 heavy (non-hydrogen) atoms. The number of hydrogen-bond donors (Lipinski definition) is 0. The van der Waals surface area contributed by atoms with E-state index in [1.165, 1.54) is 32.0 Å². The Labute approximate surface area is 128 Å². The average Bonchev–Trinajstić information content (AvgIpc) is 2.97. The van der Waals surface area contributed by atoms with Crippen molar-refractivity contribution < 1.29 is 0 Å². The maximum absolute atomic E-state index is 2.25. The van der Waals surface area contributed by atoms with Gasteiger partial charge in [0.25, 0.3) is 0 Å². The molecule has 0 spiro atoms. The van der Waals surface area contributed by atoms with Crippen molar-refractivity contribution in [2.45, 2.75) is 0 Å². The van der Waals surface area contributed by atoms with E-state index in [-0.39, 0.29) is 0 Å². The molecule has 0 bridgehead atoms. The summed E-state index contributed by atoms with van der Waals surface area (Å²) in [4.78, 5) is 0. The largest absolute Gasteiger partial charge is 0.143 e. The molecule has 0 saturated carbocycles. The molecule has 0 amide bonds. The van der Waals surface area contributed by atoms with Crippen LogP contribution < -0.4 is 0 Å². The van der Waals surface area contributed by atoms with E-state index in [0.29, 0.717) is 0 Å². The average molecular weight is 286 g/mol. The standard InChI is InChI=1S/C20H14S/c1-2-6-15(7-3-1)10-11-17-14-21-19-13-12-16-8-4-5-9-18(16)20(17)19/h1-14H/b11-10+. The van der Waals surface area contributed by atoms with Gasteiger partial charge in [0.2, 0.25) is 0 Å². The Morgan fingerprint density at radius 3 is 2.43 bits per heavy atom. The van der Waals surface area contributed by atoms with Gasteiger partial charge in [0, 0.05) is 10.1 Å². The molecule has 4 rings (SSSR count). The zero-order valence-corrected chi connectivity index (χ0v) is 12.3. The van der Waals surface area contributed by atoms with Crippen molar-refractivity contribution in [3.63, 3.8) is 0 Å². The molecule has 1 aromatic heterocycles. The maximum atomic E-state index is 2.25. The summed E-state index contributed by atoms with van der Waals surface area (Å²) in [6.07, 6.45) is 4.41. The van der Waals surface area contributed by atoms with Crippen LogP contribution in [0, 0.1) is 0 Å². The Hall–Kier alpha value is -2.38. The highest BCUT2D eigenvalue weighted by atomic mass is 32.1. The Balaban J connectivity index is 1.89. The number of rotatable bonds is 2. The molecule has 0 aliphatic carbocycles. The molecule has 0 saturated heterocycles. The molecule has 100 valence electrons. The molecule has 0 N–H and O–H groups in total. The van der Waals surface area contributed by atoms with Gasteiger partial charge in [-0.3, -0.25) is 0 Å². The second-order valence-corrected chi connectivity index (χ2v) is 6.01. The molecule has 0 fully saturated rings. The van der Waals surface area contributed by atoms with Crippen LogP contribution in [0.25, 0.3) is 33.0 Å². The highest BCUT2D eigenvalue weighted by Crippen LogP contribution is 2.33. The summed E-state index contributed by atoms with van der Waals surface area (Å²) in [5.74, 6) is 0. The van der Waals surface area contributed by atoms with Crippen LogP contribution in [0.3, 0.4) is 0 Å². The lowest BCUT2D eigenvalue weighted by Gasteiger charge is -2.01. The molecule has 3 aromatic carbocycles. The van der Waals surface area contributed by atoms with Crippen molar-refractivity contribution in [3.8, 4) is 0 Å². The normalized spacial score (nSPS) is 11.6. The third-order valence-electron chi connectivity index (χ3n) is 3.75. The fourth-order valence-electron chi connectivity index (χ4n) is 2.71. The van der Waals surface area contributed by atoms with E-state index in [1.54, 1.807) is 0 Å². The zero-order chi connectivity index (χ0) is 14.1. The summed E-state index contributed by atoms with van der Waals surface area (Å²) in [5.41, 5.74) is 2.53. The van der Waals surface area contributed by atoms with Crippen LogP contribution in [0.2, 0.25) is 0 Å². The topological polar surface area (TPSA) is 0 Å². The summed E-state index contributed by atoms with van der Waals surface area (Å²) >= 11 is 1.81. The van der Waals surface area contributed by atoms with Crippen LogP contribution in [-0.4, -0.2) is 0 Å². The minimum atomic E-state index is 1.23. The Kier molecular flexibility index (Phi) is 3.06. The predicted octanol–water partition coefficient (Wildman–Crippen LogP) is 6.22. The first-order valence-corrected chi connectivity index (χ1v) is 7.92. The minimum absolute atomic E-state index is 1.23. The van der Waals surface area contributed by atoms with Crippen LogP contribution in [0.5, 0.6) is 0 Å². The summed E-state index contributed by atoms with van der Waals surface area (Å²) < 4.78 is 1.35. The first-order valence-electron chi connectivity index (χ1n) is 7.04. The quantitative estimate of drug-likeness (QED) is 0.410. The lowest BCUT2D eigenvalue weighted by Crippen LogP contribution is -1.75. The van der Waals surface area contributed by atoms with Gasteiger partial charge < -0.3 is 0 Å². The zero-order valence-electron chi connectivity index (χ0n) is 11.5. The van der Waals surface area contributed by atoms with E-state index in [1.807, 2.05) is 17.4 Å². The second kappa shape index (κ2) is 5.19. The molecule has 0 unspecified atom stereocenters. The minimum Gasteiger partial charge on any atom is -0.143 e. The third kappa shape index (κ3) is 2.26. The van der Waals surface area contributed by atoms with Gasteiger partial charge in [-0.05, 0) is 33.3 Å². The van der Waals surface area contributed by atoms with Gasteiger partial charge in [0.05, 0.1) is 0 Å². The molecule has 0 aliphatic heterocycles. The van der Waals surface area contributed by atoms with E-state index < -0.39 is 0 Å². The Bertz CT molecular complexity index is 930. The van der Waals surface area contributed by atoms with Gasteiger partial charge in [0.15, 0.2) is 0 Å². The van der Waals surface area contributed by atoms with E-state index in [0.717, 1.165) is 0 Å². The van der Waals surface area contributed by atoms with Crippen LogP contribution in [0.4, 0.5) is 0 Å². The van der Waals surface area contributed by atoms with E-state index in [4.69, 9.17) is 0 Å². The van der Waals surface area contributed by atoms with E-state index >= 15 is 0 Å². The SMILES string of the molecule is C(=C\c1csc2ccc3ccccc3c12)/c1ccccc1. The maximum Gasteiger partial charge on any atom is 0.0355 e. The van der Waals surface area contributed by atoms with Gasteiger partial charge in [-0.2, -0.15) is 0 Å². The van der Waals surface area contributed by atoms with Crippen molar-refractivity contribution in [1.29, 1.82) is 0 Å². The summed E-state index contributed by atoms with van der Waals surface area (Å²) in [6.45, 7) is 0. The molecule has 4 aromatic rings. The van der Waals surface area contributed by atoms with Crippen LogP contribution in [-0.2, 0) is 0 Å². The smallest absolute Gasteiger partial charge is 0.0355 e. The molecular formula is C20H14S. The van der Waals surface area contributed by atoms with Crippen molar-refractivity contribution in [2.75, 3.05) is 0 Å². The van der Waals surface area contributed by atoms with Crippen molar-refractivity contribution in [3.05, 3.63) is 83.2 Å². The molecule has 0 aliphatic rings. The van der Waals surface area contributed by atoms with Crippen molar-refractivity contribution in [2.24, 2.45) is 0 Å². The van der Waals surface area contributed by atoms with E-state index in [2.05, 4.69) is 78.2 Å². The fraction of sp³-hybridized carbons (Fsp3) is 0. The summed E-state index contributed by atoms with van der Waals surface area (Å²) in [6, 6.07) is 23.5. The number of hydrogen-bond acceptors (Lipinski definition) is 1. The number of fused-ring (bicyclic) bond motifs is 3. The number of thiophene rings is 1. The first kappa shape index (κ1) is 12.4. The molecule has 0 nitrogen and oxygen atoms in total. The van der Waals surface area contributed by atoms with Gasteiger partial charge in [0.1, 0.15) is 0 Å². The highest BCUT2D eigenvalue weighted by Gasteiger charge is 2.05. The van der Waals surface area contributed by atoms with Crippen molar-refractivity contribution in [1.82, 2.24) is 0 Å². The Morgan fingerprint density at radius 2 is 1.52 bits per heavy atom. The van der Waals surface area contributed by atoms with E-state index in [9.17, 15) is 0 Å². The van der Waals surface area contributed by atoms with Crippen LogP contribution >= 0.6 is 11.3 Å². The van der Waals surface area contributed by atoms with Crippen LogP contribution in [0.15, 0.2) is 72.1 Å². The molecule has 1 heteroatoms.